The van der Waals surface area contributed by atoms with Gasteiger partial charge in [0.15, 0.2) is 5.82 Å². The molecule has 0 aliphatic carbocycles. The van der Waals surface area contributed by atoms with Gasteiger partial charge in [0, 0.05) is 11.8 Å². The van der Waals surface area contributed by atoms with Crippen molar-refractivity contribution in [2.24, 2.45) is 0 Å². The van der Waals surface area contributed by atoms with Gasteiger partial charge in [-0.05, 0) is 12.5 Å². The van der Waals surface area contributed by atoms with Crippen molar-refractivity contribution in [3.8, 4) is 0 Å². The summed E-state index contributed by atoms with van der Waals surface area (Å²) in [7, 11) is 0. The molecule has 0 amide bonds. The average Bonchev–Trinajstić information content (AvgIpc) is 2.92. The van der Waals surface area contributed by atoms with Crippen LogP contribution in [0.1, 0.15) is 17.1 Å². The van der Waals surface area contributed by atoms with Crippen LogP contribution in [0.2, 0.25) is 0 Å². The molecule has 0 unspecified atom stereocenters. The Balaban J connectivity index is 1.83. The first kappa shape index (κ1) is 15.2. The van der Waals surface area contributed by atoms with Crippen LogP contribution in [0.5, 0.6) is 0 Å². The number of halogens is 3. The van der Waals surface area contributed by atoms with Crippen molar-refractivity contribution in [1.29, 1.82) is 0 Å². The smallest absolute Gasteiger partial charge is 0.270 e. The molecule has 0 aliphatic rings. The molecule has 0 radical (unpaired) electrons. The summed E-state index contributed by atoms with van der Waals surface area (Å²) in [5.74, 6) is -1.18. The third-order valence-corrected chi connectivity index (χ3v) is 2.95. The number of nitrogens with zero attached hydrogens (tertiary/aromatic N) is 4. The van der Waals surface area contributed by atoms with E-state index in [0.29, 0.717) is 5.69 Å². The number of anilines is 1. The molecule has 0 bridgehead atoms. The molecule has 0 atom stereocenters. The monoisotopic (exact) mass is 323 g/mol. The lowest BCUT2D eigenvalue weighted by molar-refractivity contribution is -0.144. The molecule has 0 aliphatic heterocycles. The summed E-state index contributed by atoms with van der Waals surface area (Å²) < 4.78 is 39.1. The SMILES string of the molecule is Cc1cc(NOCc2ccccc2)n2nc(C(F)(F)F)nc2n1. The van der Waals surface area contributed by atoms with Crippen LogP contribution in [-0.2, 0) is 17.6 Å². The van der Waals surface area contributed by atoms with E-state index < -0.39 is 12.0 Å². The average molecular weight is 323 g/mol. The minimum absolute atomic E-state index is 0.150. The van der Waals surface area contributed by atoms with E-state index >= 15 is 0 Å². The molecule has 0 saturated heterocycles. The van der Waals surface area contributed by atoms with E-state index in [2.05, 4.69) is 20.5 Å². The molecule has 0 fully saturated rings. The summed E-state index contributed by atoms with van der Waals surface area (Å²) in [6.45, 7) is 1.88. The molecule has 0 saturated carbocycles. The number of rotatable bonds is 4. The zero-order valence-corrected chi connectivity index (χ0v) is 12.0. The summed E-state index contributed by atoms with van der Waals surface area (Å²) >= 11 is 0. The zero-order valence-electron chi connectivity index (χ0n) is 12.0. The van der Waals surface area contributed by atoms with Crippen LogP contribution in [0.25, 0.3) is 5.78 Å². The highest BCUT2D eigenvalue weighted by molar-refractivity contribution is 5.44. The van der Waals surface area contributed by atoms with Gasteiger partial charge >= 0.3 is 6.18 Å². The maximum absolute atomic E-state index is 12.7. The Morgan fingerprint density at radius 2 is 1.91 bits per heavy atom. The molecule has 1 aromatic carbocycles. The maximum atomic E-state index is 12.7. The van der Waals surface area contributed by atoms with Gasteiger partial charge in [-0.25, -0.2) is 10.5 Å². The van der Waals surface area contributed by atoms with Gasteiger partial charge in [0.05, 0.1) is 6.61 Å². The Labute approximate surface area is 128 Å². The molecule has 23 heavy (non-hydrogen) atoms. The van der Waals surface area contributed by atoms with Crippen molar-refractivity contribution in [2.75, 3.05) is 5.48 Å². The number of hydrogen-bond donors (Lipinski definition) is 1. The van der Waals surface area contributed by atoms with E-state index in [4.69, 9.17) is 4.84 Å². The van der Waals surface area contributed by atoms with E-state index in [1.165, 1.54) is 6.07 Å². The summed E-state index contributed by atoms with van der Waals surface area (Å²) in [5.41, 5.74) is 4.00. The summed E-state index contributed by atoms with van der Waals surface area (Å²) in [6.07, 6.45) is -4.64. The van der Waals surface area contributed by atoms with Gasteiger partial charge in [-0.2, -0.15) is 22.7 Å². The third kappa shape index (κ3) is 3.39. The molecule has 3 rings (SSSR count). The van der Waals surface area contributed by atoms with Crippen LogP contribution >= 0.6 is 0 Å². The molecule has 2 heterocycles. The second-order valence-corrected chi connectivity index (χ2v) is 4.80. The second kappa shape index (κ2) is 5.84. The third-order valence-electron chi connectivity index (χ3n) is 2.95. The quantitative estimate of drug-likeness (QED) is 0.748. The van der Waals surface area contributed by atoms with Crippen LogP contribution in [0.3, 0.4) is 0 Å². The van der Waals surface area contributed by atoms with Gasteiger partial charge in [0.2, 0.25) is 0 Å². The number of fused-ring (bicyclic) bond motifs is 1. The van der Waals surface area contributed by atoms with Crippen molar-refractivity contribution >= 4 is 11.6 Å². The fraction of sp³-hybridized carbons (Fsp3) is 0.214. The van der Waals surface area contributed by atoms with Gasteiger partial charge in [-0.15, -0.1) is 5.10 Å². The van der Waals surface area contributed by atoms with Crippen LogP contribution in [0.4, 0.5) is 19.0 Å². The number of aryl methyl sites for hydroxylation is 1. The van der Waals surface area contributed by atoms with Gasteiger partial charge in [0.1, 0.15) is 0 Å². The lowest BCUT2D eigenvalue weighted by Crippen LogP contribution is -2.10. The lowest BCUT2D eigenvalue weighted by Gasteiger charge is -2.08. The van der Waals surface area contributed by atoms with Crippen molar-refractivity contribution < 1.29 is 18.0 Å². The molecule has 9 heteroatoms. The summed E-state index contributed by atoms with van der Waals surface area (Å²) in [4.78, 5) is 12.6. The van der Waals surface area contributed by atoms with Gasteiger partial charge < -0.3 is 0 Å². The van der Waals surface area contributed by atoms with E-state index in [9.17, 15) is 13.2 Å². The normalized spacial score (nSPS) is 11.8. The van der Waals surface area contributed by atoms with Crippen LogP contribution in [0.15, 0.2) is 36.4 Å². The summed E-state index contributed by atoms with van der Waals surface area (Å²) in [6, 6.07) is 10.9. The number of benzene rings is 1. The fourth-order valence-electron chi connectivity index (χ4n) is 1.95. The van der Waals surface area contributed by atoms with E-state index in [-0.39, 0.29) is 18.2 Å². The molecule has 6 nitrogen and oxygen atoms in total. The van der Waals surface area contributed by atoms with Gasteiger partial charge in [-0.1, -0.05) is 30.3 Å². The number of aromatic nitrogens is 4. The summed E-state index contributed by atoms with van der Waals surface area (Å²) in [5, 5.41) is 3.43. The van der Waals surface area contributed by atoms with Crippen LogP contribution in [-0.4, -0.2) is 19.6 Å². The van der Waals surface area contributed by atoms with Gasteiger partial charge in [-0.3, -0.25) is 4.84 Å². The Kier molecular flexibility index (Phi) is 3.87. The Morgan fingerprint density at radius 1 is 1.17 bits per heavy atom. The highest BCUT2D eigenvalue weighted by atomic mass is 19.4. The van der Waals surface area contributed by atoms with E-state index in [0.717, 1.165) is 10.1 Å². The predicted molar refractivity (Wildman–Crippen MR) is 75.4 cm³/mol. The molecule has 120 valence electrons. The first-order valence-corrected chi connectivity index (χ1v) is 6.67. The van der Waals surface area contributed by atoms with Crippen LogP contribution in [0, 0.1) is 6.92 Å². The van der Waals surface area contributed by atoms with Crippen LogP contribution < -0.4 is 5.48 Å². The number of hydrogen-bond acceptors (Lipinski definition) is 5. The largest absolute Gasteiger partial charge is 0.453 e. The molecular formula is C14H12F3N5O. The number of alkyl halides is 3. The highest BCUT2D eigenvalue weighted by Crippen LogP contribution is 2.27. The van der Waals surface area contributed by atoms with Crippen molar-refractivity contribution in [2.45, 2.75) is 19.7 Å². The van der Waals surface area contributed by atoms with Gasteiger partial charge in [0.25, 0.3) is 11.6 Å². The van der Waals surface area contributed by atoms with Crippen molar-refractivity contribution in [3.05, 3.63) is 53.5 Å². The second-order valence-electron chi connectivity index (χ2n) is 4.80. The molecular weight excluding hydrogens is 311 g/mol. The highest BCUT2D eigenvalue weighted by Gasteiger charge is 2.36. The fourth-order valence-corrected chi connectivity index (χ4v) is 1.95. The molecule has 1 N–H and O–H groups in total. The first-order chi connectivity index (χ1) is 10.9. The van der Waals surface area contributed by atoms with E-state index in [1.807, 2.05) is 30.3 Å². The zero-order chi connectivity index (χ0) is 16.4. The molecule has 3 aromatic rings. The van der Waals surface area contributed by atoms with Crippen molar-refractivity contribution in [1.82, 2.24) is 19.6 Å². The Morgan fingerprint density at radius 3 is 2.61 bits per heavy atom. The maximum Gasteiger partial charge on any atom is 0.453 e. The van der Waals surface area contributed by atoms with Crippen molar-refractivity contribution in [3.63, 3.8) is 0 Å². The predicted octanol–water partition coefficient (Wildman–Crippen LogP) is 3.00. The topological polar surface area (TPSA) is 64.3 Å². The molecule has 2 aromatic heterocycles. The van der Waals surface area contributed by atoms with E-state index in [1.54, 1.807) is 6.92 Å². The number of nitrogens with one attached hydrogen (secondary N) is 1. The minimum atomic E-state index is -4.64. The first-order valence-electron chi connectivity index (χ1n) is 6.67. The molecule has 0 spiro atoms. The minimum Gasteiger partial charge on any atom is -0.270 e. The Hall–Kier alpha value is -2.68. The Bertz CT molecular complexity index is 816. The standard InChI is InChI=1S/C14H12F3N5O/c1-9-7-11(21-23-8-10-5-3-2-4-6-10)22-13(18-9)19-12(20-22)14(15,16)17/h2-7,21H,8H2,1H3. The lowest BCUT2D eigenvalue weighted by atomic mass is 10.2.